The molecule has 0 N–H and O–H groups in total. The Bertz CT molecular complexity index is 315. The molecule has 0 spiro atoms. The highest BCUT2D eigenvalue weighted by Gasteiger charge is 2.17. The molecular formula is C8H7BrF3N. The second-order valence-corrected chi connectivity index (χ2v) is 3.10. The molecular weight excluding hydrogens is 247 g/mol. The van der Waals surface area contributed by atoms with E-state index in [2.05, 4.69) is 20.9 Å². The number of pyridine rings is 1. The van der Waals surface area contributed by atoms with Crippen LogP contribution < -0.4 is 0 Å². The fraction of sp³-hybridized carbons (Fsp3) is 0.375. The van der Waals surface area contributed by atoms with Crippen molar-refractivity contribution in [2.45, 2.75) is 18.7 Å². The standard InChI is InChI=1S/C8H7BrF3N/c1-4-6(10)5(2-9)3-13-7(4)8(11)12/h3,8H,2H2,1H3. The lowest BCUT2D eigenvalue weighted by atomic mass is 10.1. The molecule has 1 nitrogen and oxygen atoms in total. The van der Waals surface area contributed by atoms with Crippen LogP contribution in [0.3, 0.4) is 0 Å². The first-order valence-electron chi connectivity index (χ1n) is 3.56. The third-order valence-corrected chi connectivity index (χ3v) is 2.31. The van der Waals surface area contributed by atoms with Gasteiger partial charge >= 0.3 is 0 Å². The van der Waals surface area contributed by atoms with Crippen LogP contribution in [-0.4, -0.2) is 4.98 Å². The molecule has 1 aromatic heterocycles. The van der Waals surface area contributed by atoms with Crippen molar-refractivity contribution >= 4 is 15.9 Å². The zero-order valence-corrected chi connectivity index (χ0v) is 8.41. The molecule has 72 valence electrons. The number of halogens is 4. The molecule has 1 heterocycles. The van der Waals surface area contributed by atoms with Crippen LogP contribution in [0.5, 0.6) is 0 Å². The zero-order chi connectivity index (χ0) is 10.0. The number of rotatable bonds is 2. The van der Waals surface area contributed by atoms with Gasteiger partial charge in [-0.15, -0.1) is 0 Å². The first kappa shape index (κ1) is 10.5. The predicted octanol–water partition coefficient (Wildman–Crippen LogP) is 3.36. The first-order chi connectivity index (χ1) is 6.07. The molecule has 0 aliphatic carbocycles. The molecule has 5 heteroatoms. The fourth-order valence-corrected chi connectivity index (χ4v) is 1.36. The lowest BCUT2D eigenvalue weighted by Gasteiger charge is -2.06. The molecule has 0 radical (unpaired) electrons. The topological polar surface area (TPSA) is 12.9 Å². The first-order valence-corrected chi connectivity index (χ1v) is 4.68. The van der Waals surface area contributed by atoms with Crippen molar-refractivity contribution < 1.29 is 13.2 Å². The number of hydrogen-bond acceptors (Lipinski definition) is 1. The van der Waals surface area contributed by atoms with E-state index >= 15 is 0 Å². The summed E-state index contributed by atoms with van der Waals surface area (Å²) in [5, 5.41) is 0.274. The van der Waals surface area contributed by atoms with Crippen LogP contribution in [0.25, 0.3) is 0 Å². The Balaban J connectivity index is 3.23. The van der Waals surface area contributed by atoms with Crippen molar-refractivity contribution in [3.8, 4) is 0 Å². The minimum absolute atomic E-state index is 0.0769. The van der Waals surface area contributed by atoms with Crippen molar-refractivity contribution in [3.05, 3.63) is 28.8 Å². The van der Waals surface area contributed by atoms with Crippen LogP contribution in [0.2, 0.25) is 0 Å². The zero-order valence-electron chi connectivity index (χ0n) is 6.82. The van der Waals surface area contributed by atoms with Gasteiger partial charge in [-0.2, -0.15) is 0 Å². The Labute approximate surface area is 82.1 Å². The molecule has 0 saturated heterocycles. The van der Waals surface area contributed by atoms with Gasteiger partial charge in [0.2, 0.25) is 0 Å². The van der Waals surface area contributed by atoms with Crippen LogP contribution in [0, 0.1) is 12.7 Å². The average molecular weight is 254 g/mol. The molecule has 0 aliphatic heterocycles. The largest absolute Gasteiger partial charge is 0.280 e. The van der Waals surface area contributed by atoms with Crippen molar-refractivity contribution in [2.24, 2.45) is 0 Å². The monoisotopic (exact) mass is 253 g/mol. The number of hydrogen-bond donors (Lipinski definition) is 0. The lowest BCUT2D eigenvalue weighted by molar-refractivity contribution is 0.144. The Morgan fingerprint density at radius 3 is 2.62 bits per heavy atom. The van der Waals surface area contributed by atoms with Crippen LogP contribution in [0.4, 0.5) is 13.2 Å². The average Bonchev–Trinajstić information content (AvgIpc) is 2.09. The van der Waals surface area contributed by atoms with Crippen LogP contribution in [-0.2, 0) is 5.33 Å². The Morgan fingerprint density at radius 2 is 2.15 bits per heavy atom. The molecule has 0 aromatic carbocycles. The maximum absolute atomic E-state index is 13.2. The van der Waals surface area contributed by atoms with E-state index in [1.807, 2.05) is 0 Å². The highest BCUT2D eigenvalue weighted by molar-refractivity contribution is 9.08. The summed E-state index contributed by atoms with van der Waals surface area (Å²) in [6, 6.07) is 0. The van der Waals surface area contributed by atoms with Gasteiger partial charge in [0.1, 0.15) is 11.5 Å². The van der Waals surface area contributed by atoms with Gasteiger partial charge in [0.05, 0.1) is 0 Å². The summed E-state index contributed by atoms with van der Waals surface area (Å²) in [4.78, 5) is 3.49. The maximum Gasteiger partial charge on any atom is 0.280 e. The molecule has 1 rings (SSSR count). The summed E-state index contributed by atoms with van der Waals surface area (Å²) in [5.41, 5.74) is -0.268. The third kappa shape index (κ3) is 2.02. The van der Waals surface area contributed by atoms with Crippen molar-refractivity contribution in [3.63, 3.8) is 0 Å². The molecule has 1 aromatic rings. The minimum Gasteiger partial charge on any atom is -0.254 e. The van der Waals surface area contributed by atoms with Gasteiger partial charge in [-0.1, -0.05) is 15.9 Å². The van der Waals surface area contributed by atoms with E-state index in [0.717, 1.165) is 6.20 Å². The molecule has 0 bridgehead atoms. The highest BCUT2D eigenvalue weighted by Crippen LogP contribution is 2.24. The van der Waals surface area contributed by atoms with E-state index in [0.29, 0.717) is 5.56 Å². The van der Waals surface area contributed by atoms with Gasteiger partial charge in [-0.3, -0.25) is 4.98 Å². The van der Waals surface area contributed by atoms with Crippen molar-refractivity contribution in [2.75, 3.05) is 0 Å². The number of nitrogens with zero attached hydrogens (tertiary/aromatic N) is 1. The van der Waals surface area contributed by atoms with E-state index in [-0.39, 0.29) is 10.9 Å². The van der Waals surface area contributed by atoms with Gasteiger partial charge in [0.25, 0.3) is 6.43 Å². The van der Waals surface area contributed by atoms with E-state index in [4.69, 9.17) is 0 Å². The summed E-state index contributed by atoms with van der Waals surface area (Å²) < 4.78 is 37.6. The fourth-order valence-electron chi connectivity index (χ4n) is 0.967. The van der Waals surface area contributed by atoms with Crippen LogP contribution in [0.1, 0.15) is 23.2 Å². The quantitative estimate of drug-likeness (QED) is 0.737. The molecule has 0 atom stereocenters. The number of aromatic nitrogens is 1. The number of alkyl halides is 3. The summed E-state index contributed by atoms with van der Waals surface area (Å²) in [6.07, 6.45) is -1.60. The highest BCUT2D eigenvalue weighted by atomic mass is 79.9. The molecule has 0 fully saturated rings. The molecule has 13 heavy (non-hydrogen) atoms. The second kappa shape index (κ2) is 4.09. The summed E-state index contributed by atoms with van der Waals surface area (Å²) >= 11 is 3.04. The summed E-state index contributed by atoms with van der Waals surface area (Å²) in [5.74, 6) is -0.609. The van der Waals surface area contributed by atoms with E-state index in [1.54, 1.807) is 0 Å². The van der Waals surface area contributed by atoms with Gasteiger partial charge < -0.3 is 0 Å². The normalized spacial score (nSPS) is 10.9. The van der Waals surface area contributed by atoms with Gasteiger partial charge in [0.15, 0.2) is 0 Å². The van der Waals surface area contributed by atoms with E-state index in [1.165, 1.54) is 6.92 Å². The van der Waals surface area contributed by atoms with E-state index < -0.39 is 17.9 Å². The van der Waals surface area contributed by atoms with Gasteiger partial charge in [0, 0.05) is 22.7 Å². The minimum atomic E-state index is -2.72. The predicted molar refractivity (Wildman–Crippen MR) is 46.5 cm³/mol. The smallest absolute Gasteiger partial charge is 0.254 e. The SMILES string of the molecule is Cc1c(C(F)F)ncc(CBr)c1F. The Hall–Kier alpha value is -0.580. The van der Waals surface area contributed by atoms with Crippen LogP contribution in [0.15, 0.2) is 6.20 Å². The maximum atomic E-state index is 13.2. The summed E-state index contributed by atoms with van der Waals surface area (Å²) in [6.45, 7) is 1.30. The van der Waals surface area contributed by atoms with Crippen molar-refractivity contribution in [1.29, 1.82) is 0 Å². The van der Waals surface area contributed by atoms with Gasteiger partial charge in [-0.25, -0.2) is 13.2 Å². The molecule has 0 aliphatic rings. The molecule has 0 unspecified atom stereocenters. The van der Waals surface area contributed by atoms with Crippen LogP contribution >= 0.6 is 15.9 Å². The summed E-state index contributed by atoms with van der Waals surface area (Å²) in [7, 11) is 0. The third-order valence-electron chi connectivity index (χ3n) is 1.71. The molecule has 0 amide bonds. The Kier molecular flexibility index (Phi) is 3.30. The van der Waals surface area contributed by atoms with Crippen molar-refractivity contribution in [1.82, 2.24) is 4.98 Å². The lowest BCUT2D eigenvalue weighted by Crippen LogP contribution is -2.01. The Morgan fingerprint density at radius 1 is 1.54 bits per heavy atom. The van der Waals surface area contributed by atoms with E-state index in [9.17, 15) is 13.2 Å². The second-order valence-electron chi connectivity index (χ2n) is 2.54. The molecule has 0 saturated carbocycles. The van der Waals surface area contributed by atoms with Gasteiger partial charge in [-0.05, 0) is 6.92 Å².